The third-order valence-corrected chi connectivity index (χ3v) is 4.70. The maximum atomic E-state index is 11.6. The molecule has 1 aliphatic carbocycles. The topological polar surface area (TPSA) is 35.5 Å². The summed E-state index contributed by atoms with van der Waals surface area (Å²) in [5.41, 5.74) is -0.628. The highest BCUT2D eigenvalue weighted by Crippen LogP contribution is 2.51. The van der Waals surface area contributed by atoms with E-state index < -0.39 is 0 Å². The van der Waals surface area contributed by atoms with Crippen molar-refractivity contribution >= 4 is 12.9 Å². The number of rotatable bonds is 1. The number of ketones is 1. The SMILES string of the molecule is CC1(C)CC(=O)CC1B1OC(C)(C)C(C)(C)O1. The molecule has 0 aromatic carbocycles. The molecule has 2 fully saturated rings. The summed E-state index contributed by atoms with van der Waals surface area (Å²) >= 11 is 0. The zero-order chi connectivity index (χ0) is 13.1. The average molecular weight is 238 g/mol. The van der Waals surface area contributed by atoms with Crippen LogP contribution in [0.25, 0.3) is 0 Å². The Bertz CT molecular complexity index is 331. The number of hydrogen-bond donors (Lipinski definition) is 0. The monoisotopic (exact) mass is 238 g/mol. The standard InChI is InChI=1S/C13H23BO3/c1-11(2)8-9(15)7-10(11)14-16-12(3,4)13(5,6)17-14/h10H,7-8H2,1-6H3. The second-order valence-electron chi connectivity index (χ2n) is 7.14. The van der Waals surface area contributed by atoms with E-state index in [0.29, 0.717) is 18.6 Å². The van der Waals surface area contributed by atoms with E-state index in [9.17, 15) is 4.79 Å². The summed E-state index contributed by atoms with van der Waals surface area (Å²) in [5.74, 6) is 0.505. The Morgan fingerprint density at radius 3 is 1.88 bits per heavy atom. The molecule has 1 atom stereocenters. The quantitative estimate of drug-likeness (QED) is 0.659. The molecular weight excluding hydrogens is 215 g/mol. The zero-order valence-corrected chi connectivity index (χ0v) is 11.8. The summed E-state index contributed by atoms with van der Waals surface area (Å²) in [5, 5.41) is 0. The van der Waals surface area contributed by atoms with Crippen molar-refractivity contribution < 1.29 is 14.1 Å². The van der Waals surface area contributed by atoms with Crippen LogP contribution in [0.15, 0.2) is 0 Å². The van der Waals surface area contributed by atoms with Gasteiger partial charge in [0.25, 0.3) is 0 Å². The molecule has 1 aliphatic heterocycles. The molecule has 1 heterocycles. The second-order valence-corrected chi connectivity index (χ2v) is 7.14. The fourth-order valence-corrected chi connectivity index (χ4v) is 2.75. The minimum absolute atomic E-state index is 0.0156. The average Bonchev–Trinajstić information content (AvgIpc) is 2.46. The van der Waals surface area contributed by atoms with Gasteiger partial charge < -0.3 is 9.31 Å². The van der Waals surface area contributed by atoms with Crippen molar-refractivity contribution in [3.05, 3.63) is 0 Å². The normalized spacial score (nSPS) is 34.4. The van der Waals surface area contributed by atoms with Crippen LogP contribution < -0.4 is 0 Å². The van der Waals surface area contributed by atoms with Gasteiger partial charge in [0, 0.05) is 18.7 Å². The van der Waals surface area contributed by atoms with Crippen LogP contribution in [0, 0.1) is 5.41 Å². The highest BCUT2D eigenvalue weighted by Gasteiger charge is 2.58. The van der Waals surface area contributed by atoms with Gasteiger partial charge in [0.1, 0.15) is 5.78 Å². The Morgan fingerprint density at radius 2 is 1.53 bits per heavy atom. The van der Waals surface area contributed by atoms with Gasteiger partial charge in [-0.2, -0.15) is 0 Å². The van der Waals surface area contributed by atoms with Gasteiger partial charge in [-0.1, -0.05) is 13.8 Å². The molecular formula is C13H23BO3. The van der Waals surface area contributed by atoms with E-state index in [-0.39, 0.29) is 29.6 Å². The largest absolute Gasteiger partial charge is 0.462 e. The molecule has 2 aliphatic rings. The highest BCUT2D eigenvalue weighted by atomic mass is 16.7. The number of carbonyl (C=O) groups is 1. The van der Waals surface area contributed by atoms with E-state index in [1.807, 2.05) is 0 Å². The fraction of sp³-hybridized carbons (Fsp3) is 0.923. The van der Waals surface area contributed by atoms with Gasteiger partial charge in [-0.25, -0.2) is 0 Å². The molecule has 0 radical (unpaired) electrons. The molecule has 17 heavy (non-hydrogen) atoms. The van der Waals surface area contributed by atoms with Crippen molar-refractivity contribution in [2.24, 2.45) is 5.41 Å². The van der Waals surface area contributed by atoms with Crippen LogP contribution in [0.3, 0.4) is 0 Å². The molecule has 4 heteroatoms. The summed E-state index contributed by atoms with van der Waals surface area (Å²) in [4.78, 5) is 11.6. The van der Waals surface area contributed by atoms with Gasteiger partial charge in [-0.15, -0.1) is 0 Å². The van der Waals surface area contributed by atoms with E-state index in [4.69, 9.17) is 9.31 Å². The fourth-order valence-electron chi connectivity index (χ4n) is 2.75. The van der Waals surface area contributed by atoms with E-state index in [0.717, 1.165) is 0 Å². The molecule has 0 spiro atoms. The van der Waals surface area contributed by atoms with Gasteiger partial charge in [0.15, 0.2) is 0 Å². The first-order valence-corrected chi connectivity index (χ1v) is 6.42. The minimum Gasteiger partial charge on any atom is -0.403 e. The first-order valence-electron chi connectivity index (χ1n) is 6.42. The van der Waals surface area contributed by atoms with Crippen molar-refractivity contribution in [1.82, 2.24) is 0 Å². The molecule has 0 bridgehead atoms. The summed E-state index contributed by atoms with van der Waals surface area (Å²) in [6.07, 6.45) is 1.23. The van der Waals surface area contributed by atoms with E-state index in [2.05, 4.69) is 41.5 Å². The Hall–Kier alpha value is -0.345. The lowest BCUT2D eigenvalue weighted by Crippen LogP contribution is -2.41. The summed E-state index contributed by atoms with van der Waals surface area (Å²) in [7, 11) is -0.249. The second kappa shape index (κ2) is 3.58. The Morgan fingerprint density at radius 1 is 1.06 bits per heavy atom. The third kappa shape index (κ3) is 2.06. The Kier molecular flexibility index (Phi) is 2.76. The van der Waals surface area contributed by atoms with Crippen LogP contribution in [-0.2, 0) is 14.1 Å². The minimum atomic E-state index is -0.306. The van der Waals surface area contributed by atoms with Crippen LogP contribution in [0.2, 0.25) is 5.82 Å². The van der Waals surface area contributed by atoms with Crippen LogP contribution in [0.4, 0.5) is 0 Å². The van der Waals surface area contributed by atoms with Crippen molar-refractivity contribution in [3.8, 4) is 0 Å². The Labute approximate surface area is 104 Å². The van der Waals surface area contributed by atoms with Crippen LogP contribution in [-0.4, -0.2) is 24.1 Å². The molecule has 0 amide bonds. The summed E-state index contributed by atoms with van der Waals surface area (Å²) in [6, 6.07) is 0. The van der Waals surface area contributed by atoms with Crippen molar-refractivity contribution in [2.75, 3.05) is 0 Å². The van der Waals surface area contributed by atoms with E-state index in [1.54, 1.807) is 0 Å². The smallest absolute Gasteiger partial charge is 0.403 e. The lowest BCUT2D eigenvalue weighted by atomic mass is 9.60. The van der Waals surface area contributed by atoms with Crippen molar-refractivity contribution in [1.29, 1.82) is 0 Å². The molecule has 1 saturated carbocycles. The summed E-state index contributed by atoms with van der Waals surface area (Å²) in [6.45, 7) is 12.5. The first kappa shape index (κ1) is 13.1. The van der Waals surface area contributed by atoms with Gasteiger partial charge in [-0.3, -0.25) is 4.79 Å². The maximum absolute atomic E-state index is 11.6. The van der Waals surface area contributed by atoms with Gasteiger partial charge in [0.05, 0.1) is 11.2 Å². The lowest BCUT2D eigenvalue weighted by molar-refractivity contribution is -0.117. The molecule has 1 unspecified atom stereocenters. The molecule has 0 N–H and O–H groups in total. The highest BCUT2D eigenvalue weighted by molar-refractivity contribution is 6.48. The predicted octanol–water partition coefficient (Wildman–Crippen LogP) is 2.84. The van der Waals surface area contributed by atoms with Gasteiger partial charge in [-0.05, 0) is 33.1 Å². The van der Waals surface area contributed by atoms with E-state index in [1.165, 1.54) is 0 Å². The molecule has 96 valence electrons. The molecule has 2 rings (SSSR count). The zero-order valence-electron chi connectivity index (χ0n) is 11.8. The van der Waals surface area contributed by atoms with Crippen LogP contribution in [0.5, 0.6) is 0 Å². The maximum Gasteiger partial charge on any atom is 0.462 e. The first-order chi connectivity index (χ1) is 7.55. The number of carbonyl (C=O) groups excluding carboxylic acids is 1. The lowest BCUT2D eigenvalue weighted by Gasteiger charge is -2.32. The predicted molar refractivity (Wildman–Crippen MR) is 67.9 cm³/mol. The molecule has 1 saturated heterocycles. The summed E-state index contributed by atoms with van der Waals surface area (Å²) < 4.78 is 12.1. The van der Waals surface area contributed by atoms with Gasteiger partial charge in [0.2, 0.25) is 0 Å². The van der Waals surface area contributed by atoms with Gasteiger partial charge >= 0.3 is 7.12 Å². The third-order valence-electron chi connectivity index (χ3n) is 4.70. The number of Topliss-reactive ketones (excluding diaryl/α,β-unsaturated/α-hetero) is 1. The van der Waals surface area contributed by atoms with Crippen LogP contribution >= 0.6 is 0 Å². The number of hydrogen-bond acceptors (Lipinski definition) is 3. The molecule has 3 nitrogen and oxygen atoms in total. The van der Waals surface area contributed by atoms with Crippen LogP contribution in [0.1, 0.15) is 54.4 Å². The Balaban J connectivity index is 2.19. The van der Waals surface area contributed by atoms with Crippen molar-refractivity contribution in [2.45, 2.75) is 71.4 Å². The molecule has 0 aromatic heterocycles. The van der Waals surface area contributed by atoms with E-state index >= 15 is 0 Å². The molecule has 0 aromatic rings. The van der Waals surface area contributed by atoms with Crippen molar-refractivity contribution in [3.63, 3.8) is 0 Å².